The topological polar surface area (TPSA) is 18.5 Å². The zero-order chi connectivity index (χ0) is 14.1. The van der Waals surface area contributed by atoms with E-state index in [1.807, 2.05) is 0 Å². The van der Waals surface area contributed by atoms with E-state index >= 15 is 0 Å². The molecule has 1 aliphatic carbocycles. The molecule has 0 radical (unpaired) electrons. The van der Waals surface area contributed by atoms with Crippen LogP contribution in [0.5, 0.6) is 0 Å². The lowest BCUT2D eigenvalue weighted by molar-refractivity contribution is 0.273. The van der Waals surface area contributed by atoms with E-state index in [1.165, 1.54) is 69.5 Å². The fraction of sp³-hybridized carbons (Fsp3) is 0.667. The van der Waals surface area contributed by atoms with Gasteiger partial charge in [0, 0.05) is 44.0 Å². The minimum atomic E-state index is 0.795. The van der Waals surface area contributed by atoms with E-state index < -0.39 is 0 Å². The molecule has 2 saturated heterocycles. The Kier molecular flexibility index (Phi) is 3.87. The lowest BCUT2D eigenvalue weighted by atomic mass is 10.1. The molecule has 3 fully saturated rings. The molecule has 2 heterocycles. The molecule has 3 aliphatic rings. The standard InChI is InChI=1S/C18H27N3/c1-3-18-14-21(12-2-11-20(18)10-1)17-8-4-15(5-9-17)13-19-16-6-7-16/h4-5,8-9,16,18-19H,1-3,6-7,10-14H2. The van der Waals surface area contributed by atoms with Crippen molar-refractivity contribution >= 4 is 5.69 Å². The third-order valence-corrected chi connectivity index (χ3v) is 5.28. The maximum Gasteiger partial charge on any atom is 0.0366 e. The summed E-state index contributed by atoms with van der Waals surface area (Å²) < 4.78 is 0. The molecule has 1 atom stereocenters. The second-order valence-electron chi connectivity index (χ2n) is 6.95. The van der Waals surface area contributed by atoms with Crippen molar-refractivity contribution in [2.24, 2.45) is 0 Å². The van der Waals surface area contributed by atoms with Crippen molar-refractivity contribution in [3.05, 3.63) is 29.8 Å². The average molecular weight is 285 g/mol. The quantitative estimate of drug-likeness (QED) is 0.917. The zero-order valence-electron chi connectivity index (χ0n) is 12.9. The number of hydrogen-bond acceptors (Lipinski definition) is 3. The van der Waals surface area contributed by atoms with Gasteiger partial charge in [0.05, 0.1) is 0 Å². The lowest BCUT2D eigenvalue weighted by Crippen LogP contribution is -2.36. The van der Waals surface area contributed by atoms with Crippen LogP contribution >= 0.6 is 0 Å². The summed E-state index contributed by atoms with van der Waals surface area (Å²) in [5.74, 6) is 0. The van der Waals surface area contributed by atoms with Gasteiger partial charge in [0.2, 0.25) is 0 Å². The highest BCUT2D eigenvalue weighted by Gasteiger charge is 2.28. The summed E-state index contributed by atoms with van der Waals surface area (Å²) in [6.45, 7) is 6.09. The summed E-state index contributed by atoms with van der Waals surface area (Å²) in [7, 11) is 0. The Balaban J connectivity index is 1.39. The van der Waals surface area contributed by atoms with E-state index in [0.717, 1.165) is 18.6 Å². The summed E-state index contributed by atoms with van der Waals surface area (Å²) in [5.41, 5.74) is 2.84. The molecule has 0 bridgehead atoms. The van der Waals surface area contributed by atoms with Gasteiger partial charge in [-0.3, -0.25) is 4.90 Å². The number of nitrogens with one attached hydrogen (secondary N) is 1. The van der Waals surface area contributed by atoms with Crippen molar-refractivity contribution in [3.63, 3.8) is 0 Å². The first-order chi connectivity index (χ1) is 10.4. The molecule has 21 heavy (non-hydrogen) atoms. The number of anilines is 1. The van der Waals surface area contributed by atoms with Gasteiger partial charge in [-0.15, -0.1) is 0 Å². The van der Waals surface area contributed by atoms with Crippen LogP contribution in [0, 0.1) is 0 Å². The summed E-state index contributed by atoms with van der Waals surface area (Å²) in [4.78, 5) is 5.31. The Labute approximate surface area is 128 Å². The monoisotopic (exact) mass is 285 g/mol. The summed E-state index contributed by atoms with van der Waals surface area (Å²) >= 11 is 0. The van der Waals surface area contributed by atoms with E-state index in [4.69, 9.17) is 0 Å². The molecule has 0 aromatic heterocycles. The van der Waals surface area contributed by atoms with E-state index in [2.05, 4.69) is 39.4 Å². The Morgan fingerprint density at radius 2 is 1.76 bits per heavy atom. The summed E-state index contributed by atoms with van der Waals surface area (Å²) in [5, 5.41) is 3.59. The first-order valence-corrected chi connectivity index (χ1v) is 8.70. The van der Waals surface area contributed by atoms with E-state index in [9.17, 15) is 0 Å². The predicted molar refractivity (Wildman–Crippen MR) is 87.7 cm³/mol. The highest BCUT2D eigenvalue weighted by Crippen LogP contribution is 2.25. The molecule has 3 nitrogen and oxygen atoms in total. The van der Waals surface area contributed by atoms with Crippen molar-refractivity contribution < 1.29 is 0 Å². The van der Waals surface area contributed by atoms with E-state index in [-0.39, 0.29) is 0 Å². The molecule has 1 aromatic rings. The molecule has 0 amide bonds. The van der Waals surface area contributed by atoms with Crippen LogP contribution in [-0.2, 0) is 6.54 Å². The van der Waals surface area contributed by atoms with Crippen LogP contribution in [0.2, 0.25) is 0 Å². The normalized spacial score (nSPS) is 26.7. The van der Waals surface area contributed by atoms with Gasteiger partial charge in [-0.25, -0.2) is 0 Å². The minimum Gasteiger partial charge on any atom is -0.370 e. The Hall–Kier alpha value is -1.06. The van der Waals surface area contributed by atoms with E-state index in [1.54, 1.807) is 0 Å². The van der Waals surface area contributed by atoms with Crippen molar-refractivity contribution in [1.82, 2.24) is 10.2 Å². The molecule has 1 N–H and O–H groups in total. The second-order valence-corrected chi connectivity index (χ2v) is 6.95. The zero-order valence-corrected chi connectivity index (χ0v) is 12.9. The maximum atomic E-state index is 3.59. The Bertz CT molecular complexity index is 466. The van der Waals surface area contributed by atoms with Gasteiger partial charge in [-0.05, 0) is 56.3 Å². The van der Waals surface area contributed by atoms with Crippen molar-refractivity contribution in [3.8, 4) is 0 Å². The molecule has 1 aromatic carbocycles. The number of nitrogens with zero attached hydrogens (tertiary/aromatic N) is 2. The molecule has 114 valence electrons. The molecule has 1 unspecified atom stereocenters. The maximum absolute atomic E-state index is 3.59. The molecular formula is C18H27N3. The molecule has 4 rings (SSSR count). The first-order valence-electron chi connectivity index (χ1n) is 8.70. The largest absolute Gasteiger partial charge is 0.370 e. The fourth-order valence-corrected chi connectivity index (χ4v) is 3.82. The third kappa shape index (κ3) is 3.24. The van der Waals surface area contributed by atoms with Crippen LogP contribution in [0.25, 0.3) is 0 Å². The van der Waals surface area contributed by atoms with Crippen LogP contribution in [0.3, 0.4) is 0 Å². The highest BCUT2D eigenvalue weighted by atomic mass is 15.3. The van der Waals surface area contributed by atoms with Gasteiger partial charge in [-0.1, -0.05) is 12.1 Å². The van der Waals surface area contributed by atoms with Crippen LogP contribution in [-0.4, -0.2) is 43.2 Å². The third-order valence-electron chi connectivity index (χ3n) is 5.28. The Morgan fingerprint density at radius 3 is 2.57 bits per heavy atom. The summed E-state index contributed by atoms with van der Waals surface area (Å²) in [6.07, 6.45) is 6.82. The van der Waals surface area contributed by atoms with Crippen LogP contribution in [0.15, 0.2) is 24.3 Å². The summed E-state index contributed by atoms with van der Waals surface area (Å²) in [6, 6.07) is 10.9. The molecule has 2 aliphatic heterocycles. The SMILES string of the molecule is c1cc(N2CCCN3CCCC3C2)ccc1CNC1CC1. The van der Waals surface area contributed by atoms with Gasteiger partial charge < -0.3 is 10.2 Å². The molecule has 1 saturated carbocycles. The van der Waals surface area contributed by atoms with Crippen molar-refractivity contribution in [1.29, 1.82) is 0 Å². The smallest absolute Gasteiger partial charge is 0.0366 e. The van der Waals surface area contributed by atoms with E-state index in [0.29, 0.717) is 0 Å². The second kappa shape index (κ2) is 5.98. The Morgan fingerprint density at radius 1 is 0.952 bits per heavy atom. The molecular weight excluding hydrogens is 258 g/mol. The van der Waals surface area contributed by atoms with Crippen LogP contribution in [0.1, 0.15) is 37.7 Å². The number of hydrogen-bond donors (Lipinski definition) is 1. The lowest BCUT2D eigenvalue weighted by Gasteiger charge is -2.27. The predicted octanol–water partition coefficient (Wildman–Crippen LogP) is 2.61. The molecule has 3 heteroatoms. The fourth-order valence-electron chi connectivity index (χ4n) is 3.82. The highest BCUT2D eigenvalue weighted by molar-refractivity contribution is 5.48. The number of fused-ring (bicyclic) bond motifs is 1. The number of rotatable bonds is 4. The average Bonchev–Trinajstić information content (AvgIpc) is 3.29. The van der Waals surface area contributed by atoms with Gasteiger partial charge in [0.15, 0.2) is 0 Å². The van der Waals surface area contributed by atoms with Gasteiger partial charge in [-0.2, -0.15) is 0 Å². The van der Waals surface area contributed by atoms with Crippen LogP contribution in [0.4, 0.5) is 5.69 Å². The van der Waals surface area contributed by atoms with Crippen molar-refractivity contribution in [2.75, 3.05) is 31.1 Å². The van der Waals surface area contributed by atoms with Crippen molar-refractivity contribution in [2.45, 2.75) is 50.7 Å². The van der Waals surface area contributed by atoms with Gasteiger partial charge >= 0.3 is 0 Å². The minimum absolute atomic E-state index is 0.795. The van der Waals surface area contributed by atoms with Gasteiger partial charge in [0.25, 0.3) is 0 Å². The van der Waals surface area contributed by atoms with Gasteiger partial charge in [0.1, 0.15) is 0 Å². The number of benzene rings is 1. The first kappa shape index (κ1) is 13.6. The van der Waals surface area contributed by atoms with Crippen LogP contribution < -0.4 is 10.2 Å². The molecule has 0 spiro atoms.